The molecule has 122 valence electrons. The number of carbonyl (C=O) groups excluding carboxylic acids is 2. The van der Waals surface area contributed by atoms with Gasteiger partial charge in [0.1, 0.15) is 11.6 Å². The molecular weight excluding hydrogens is 294 g/mol. The van der Waals surface area contributed by atoms with Crippen molar-refractivity contribution >= 4 is 12.0 Å². The normalized spacial score (nSPS) is 19.6. The summed E-state index contributed by atoms with van der Waals surface area (Å²) in [6.07, 6.45) is 0. The van der Waals surface area contributed by atoms with Crippen LogP contribution in [-0.4, -0.2) is 72.6 Å². The topological polar surface area (TPSA) is 53.1 Å². The zero-order valence-electron chi connectivity index (χ0n) is 13.1. The number of ether oxygens (including phenoxy) is 1. The number of benzene rings is 1. The van der Waals surface area contributed by atoms with Gasteiger partial charge in [0.25, 0.3) is 0 Å². The number of piperazine rings is 1. The van der Waals surface area contributed by atoms with E-state index >= 15 is 0 Å². The van der Waals surface area contributed by atoms with Gasteiger partial charge in [0.15, 0.2) is 0 Å². The highest BCUT2D eigenvalue weighted by molar-refractivity contribution is 5.79. The second-order valence-corrected chi connectivity index (χ2v) is 5.78. The summed E-state index contributed by atoms with van der Waals surface area (Å²) >= 11 is 0. The maximum Gasteiger partial charge on any atom is 0.325 e. The number of amides is 2. The fraction of sp³-hybridized carbons (Fsp3) is 0.471. The minimum Gasteiger partial charge on any atom is -0.373 e. The Morgan fingerprint density at radius 3 is 2.52 bits per heavy atom. The molecule has 2 heterocycles. The highest BCUT2D eigenvalue weighted by Gasteiger charge is 2.29. The van der Waals surface area contributed by atoms with E-state index in [1.54, 1.807) is 0 Å². The van der Waals surface area contributed by atoms with Crippen LogP contribution in [0.1, 0.15) is 5.56 Å². The molecule has 0 unspecified atom stereocenters. The Morgan fingerprint density at radius 1 is 1.09 bits per heavy atom. The first kappa shape index (κ1) is 15.7. The molecule has 0 aromatic heterocycles. The summed E-state index contributed by atoms with van der Waals surface area (Å²) < 4.78 is 5.20. The number of nitrogens with zero attached hydrogens (tertiary/aromatic N) is 3. The Balaban J connectivity index is 1.54. The van der Waals surface area contributed by atoms with E-state index in [-0.39, 0.29) is 12.6 Å². The fourth-order valence-corrected chi connectivity index (χ4v) is 2.94. The fourth-order valence-electron chi connectivity index (χ4n) is 2.94. The first-order valence-electron chi connectivity index (χ1n) is 7.92. The van der Waals surface area contributed by atoms with E-state index < -0.39 is 0 Å². The van der Waals surface area contributed by atoms with Crippen molar-refractivity contribution < 1.29 is 14.3 Å². The van der Waals surface area contributed by atoms with E-state index in [9.17, 15) is 9.59 Å². The Hall–Kier alpha value is -2.14. The number of hydrogen-bond acceptors (Lipinski definition) is 4. The molecule has 0 saturated carbocycles. The Kier molecular flexibility index (Phi) is 5.08. The number of carbonyl (C=O) groups is 1. The summed E-state index contributed by atoms with van der Waals surface area (Å²) in [6.45, 7) is 4.99. The number of morpholine rings is 1. The third-order valence-corrected chi connectivity index (χ3v) is 4.26. The smallest absolute Gasteiger partial charge is 0.325 e. The molecule has 0 atom stereocenters. The molecule has 2 aliphatic rings. The molecule has 0 bridgehead atoms. The minimum atomic E-state index is -0.106. The summed E-state index contributed by atoms with van der Waals surface area (Å²) in [4.78, 5) is 29.2. The van der Waals surface area contributed by atoms with Gasteiger partial charge in [0.05, 0.1) is 19.8 Å². The largest absolute Gasteiger partial charge is 0.373 e. The number of rotatable bonds is 2. The maximum absolute atomic E-state index is 12.6. The van der Waals surface area contributed by atoms with Crippen LogP contribution in [0.15, 0.2) is 36.0 Å². The lowest BCUT2D eigenvalue weighted by molar-refractivity contribution is 0.0654. The molecule has 1 aromatic rings. The highest BCUT2D eigenvalue weighted by Crippen LogP contribution is 2.14. The van der Waals surface area contributed by atoms with Crippen LogP contribution in [0.2, 0.25) is 0 Å². The van der Waals surface area contributed by atoms with Crippen molar-refractivity contribution in [3.63, 3.8) is 0 Å². The number of hydrogen-bond donors (Lipinski definition) is 0. The lowest BCUT2D eigenvalue weighted by Crippen LogP contribution is -2.54. The van der Waals surface area contributed by atoms with Crippen LogP contribution in [0.25, 0.3) is 0 Å². The lowest BCUT2D eigenvalue weighted by Gasteiger charge is -2.38. The van der Waals surface area contributed by atoms with Crippen LogP contribution in [0, 0.1) is 0 Å². The molecule has 1 aromatic carbocycles. The summed E-state index contributed by atoms with van der Waals surface area (Å²) in [5.41, 5.74) is 1.58. The molecule has 2 aliphatic heterocycles. The molecule has 0 radical (unpaired) electrons. The standard InChI is InChI=1S/C17H21N3O3/c21-13-16-14-23-11-10-20(16)17(22)19-8-6-18(7-9-19)12-15-4-2-1-3-5-15/h1-5H,6-12,14H2. The van der Waals surface area contributed by atoms with Crippen LogP contribution < -0.4 is 0 Å². The van der Waals surface area contributed by atoms with Gasteiger partial charge in [-0.05, 0) is 5.56 Å². The Morgan fingerprint density at radius 2 is 1.83 bits per heavy atom. The van der Waals surface area contributed by atoms with Crippen LogP contribution in [0.3, 0.4) is 0 Å². The van der Waals surface area contributed by atoms with Gasteiger partial charge < -0.3 is 9.64 Å². The minimum absolute atomic E-state index is 0.106. The van der Waals surface area contributed by atoms with Crippen LogP contribution in [0.5, 0.6) is 0 Å². The van der Waals surface area contributed by atoms with Gasteiger partial charge in [-0.3, -0.25) is 9.80 Å². The van der Waals surface area contributed by atoms with Gasteiger partial charge in [0, 0.05) is 32.7 Å². The lowest BCUT2D eigenvalue weighted by atomic mass is 10.2. The third kappa shape index (κ3) is 3.79. The summed E-state index contributed by atoms with van der Waals surface area (Å²) in [5.74, 6) is 1.83. The van der Waals surface area contributed by atoms with Crippen LogP contribution in [0.4, 0.5) is 4.79 Å². The monoisotopic (exact) mass is 315 g/mol. The average Bonchev–Trinajstić information content (AvgIpc) is 2.62. The summed E-state index contributed by atoms with van der Waals surface area (Å²) in [7, 11) is 0. The summed E-state index contributed by atoms with van der Waals surface area (Å²) in [6, 6.07) is 10.2. The molecule has 3 rings (SSSR count). The molecule has 23 heavy (non-hydrogen) atoms. The Labute approximate surface area is 135 Å². The molecule has 2 saturated heterocycles. The second kappa shape index (κ2) is 7.42. The molecule has 0 spiro atoms. The van der Waals surface area contributed by atoms with Gasteiger partial charge in [-0.25, -0.2) is 9.59 Å². The van der Waals surface area contributed by atoms with E-state index in [0.29, 0.717) is 31.9 Å². The van der Waals surface area contributed by atoms with Gasteiger partial charge in [-0.15, -0.1) is 0 Å². The van der Waals surface area contributed by atoms with E-state index in [2.05, 4.69) is 17.0 Å². The van der Waals surface area contributed by atoms with Crippen LogP contribution >= 0.6 is 0 Å². The molecule has 0 aliphatic carbocycles. The Bertz CT molecular complexity index is 590. The zero-order valence-corrected chi connectivity index (χ0v) is 13.1. The van der Waals surface area contributed by atoms with Crippen molar-refractivity contribution in [2.75, 3.05) is 45.9 Å². The molecule has 0 N–H and O–H groups in total. The van der Waals surface area contributed by atoms with Crippen LogP contribution in [-0.2, 0) is 16.1 Å². The van der Waals surface area contributed by atoms with Crippen molar-refractivity contribution in [1.82, 2.24) is 14.7 Å². The van der Waals surface area contributed by atoms with E-state index in [4.69, 9.17) is 4.74 Å². The zero-order chi connectivity index (χ0) is 16.1. The molecular formula is C17H21N3O3. The predicted molar refractivity (Wildman–Crippen MR) is 85.4 cm³/mol. The van der Waals surface area contributed by atoms with Crippen molar-refractivity contribution in [3.05, 3.63) is 41.6 Å². The van der Waals surface area contributed by atoms with Gasteiger partial charge in [0.2, 0.25) is 0 Å². The third-order valence-electron chi connectivity index (χ3n) is 4.26. The van der Waals surface area contributed by atoms with E-state index in [0.717, 1.165) is 19.6 Å². The molecule has 6 nitrogen and oxygen atoms in total. The first-order valence-corrected chi connectivity index (χ1v) is 7.92. The molecule has 6 heteroatoms. The SMILES string of the molecule is O=C=C1COCCN1C(=O)N1CCN(Cc2ccccc2)CC1. The number of urea groups is 1. The quantitative estimate of drug-likeness (QED) is 0.763. The van der Waals surface area contributed by atoms with E-state index in [1.807, 2.05) is 29.0 Å². The average molecular weight is 315 g/mol. The maximum atomic E-state index is 12.6. The second-order valence-electron chi connectivity index (χ2n) is 5.78. The van der Waals surface area contributed by atoms with Gasteiger partial charge >= 0.3 is 6.03 Å². The van der Waals surface area contributed by atoms with Gasteiger partial charge in [-0.1, -0.05) is 30.3 Å². The first-order chi connectivity index (χ1) is 11.3. The van der Waals surface area contributed by atoms with Crippen molar-refractivity contribution in [1.29, 1.82) is 0 Å². The highest BCUT2D eigenvalue weighted by atomic mass is 16.5. The summed E-state index contributed by atoms with van der Waals surface area (Å²) in [5, 5.41) is 0. The van der Waals surface area contributed by atoms with E-state index in [1.165, 1.54) is 10.5 Å². The van der Waals surface area contributed by atoms with Gasteiger partial charge in [-0.2, -0.15) is 0 Å². The predicted octanol–water partition coefficient (Wildman–Crippen LogP) is 0.972. The molecule has 2 fully saturated rings. The molecule has 2 amide bonds. The van der Waals surface area contributed by atoms with Crippen molar-refractivity contribution in [2.24, 2.45) is 0 Å². The van der Waals surface area contributed by atoms with Crippen molar-refractivity contribution in [2.45, 2.75) is 6.54 Å². The van der Waals surface area contributed by atoms with Crippen molar-refractivity contribution in [3.8, 4) is 0 Å².